The summed E-state index contributed by atoms with van der Waals surface area (Å²) in [5.74, 6) is -7.14. The van der Waals surface area contributed by atoms with Crippen LogP contribution < -0.4 is 4.90 Å². The van der Waals surface area contributed by atoms with Crippen LogP contribution in [0.25, 0.3) is 0 Å². The predicted octanol–water partition coefficient (Wildman–Crippen LogP) is 1.94. The Morgan fingerprint density at radius 2 is 1.60 bits per heavy atom. The number of hydrogen-bond donors (Lipinski definition) is 0. The molecule has 0 fully saturated rings. The number of carbonyl (C=O) groups is 1. The van der Waals surface area contributed by atoms with Crippen LogP contribution in [0.5, 0.6) is 0 Å². The van der Waals surface area contributed by atoms with E-state index in [-0.39, 0.29) is 6.54 Å². The van der Waals surface area contributed by atoms with Crippen LogP contribution in [0.1, 0.15) is 13.3 Å². The van der Waals surface area contributed by atoms with E-state index < -0.39 is 41.7 Å². The van der Waals surface area contributed by atoms with Gasteiger partial charge in [-0.15, -0.1) is 0 Å². The number of anilines is 1. The Balaban J connectivity index is 3.24. The van der Waals surface area contributed by atoms with Gasteiger partial charge in [0.1, 0.15) is 5.69 Å². The van der Waals surface area contributed by atoms with Gasteiger partial charge in [-0.3, -0.25) is 4.79 Å². The minimum atomic E-state index is -1.74. The summed E-state index contributed by atoms with van der Waals surface area (Å²) in [5.41, 5.74) is -0.910. The lowest BCUT2D eigenvalue weighted by molar-refractivity contribution is -0.127. The second-order valence-electron chi connectivity index (χ2n) is 4.38. The lowest BCUT2D eigenvalue weighted by atomic mass is 10.2. The molecule has 8 heteroatoms. The van der Waals surface area contributed by atoms with Crippen LogP contribution in [0.4, 0.5) is 23.2 Å². The SMILES string of the molecule is CCCN(CC(=O)N(C)C)c1c(F)c(F)nc(F)c1F. The summed E-state index contributed by atoms with van der Waals surface area (Å²) in [7, 11) is 2.93. The van der Waals surface area contributed by atoms with Gasteiger partial charge in [-0.25, -0.2) is 0 Å². The molecule has 0 aliphatic rings. The van der Waals surface area contributed by atoms with Crippen molar-refractivity contribution in [3.63, 3.8) is 0 Å². The highest BCUT2D eigenvalue weighted by Crippen LogP contribution is 2.26. The highest BCUT2D eigenvalue weighted by molar-refractivity contribution is 5.81. The number of likely N-dealkylation sites (N-methyl/N-ethyl adjacent to an activating group) is 1. The number of hydrogen-bond acceptors (Lipinski definition) is 3. The van der Waals surface area contributed by atoms with E-state index in [9.17, 15) is 22.4 Å². The fraction of sp³-hybridized carbons (Fsp3) is 0.500. The van der Waals surface area contributed by atoms with E-state index in [1.54, 1.807) is 6.92 Å². The van der Waals surface area contributed by atoms with Crippen molar-refractivity contribution in [3.8, 4) is 0 Å². The second kappa shape index (κ2) is 6.53. The van der Waals surface area contributed by atoms with Crippen LogP contribution in [0.15, 0.2) is 0 Å². The third kappa shape index (κ3) is 3.37. The molecule has 4 nitrogen and oxygen atoms in total. The van der Waals surface area contributed by atoms with Crippen LogP contribution in [-0.4, -0.2) is 43.0 Å². The standard InChI is InChI=1S/C12H15F4N3O/c1-4-5-19(6-7(20)18(2)3)10-8(13)11(15)17-12(16)9(10)14/h4-6H2,1-3H3. The first-order chi connectivity index (χ1) is 9.29. The molecule has 1 aromatic heterocycles. The lowest BCUT2D eigenvalue weighted by Gasteiger charge is -2.25. The molecule has 0 aliphatic heterocycles. The molecular weight excluding hydrogens is 278 g/mol. The minimum Gasteiger partial charge on any atom is -0.357 e. The van der Waals surface area contributed by atoms with Crippen LogP contribution >= 0.6 is 0 Å². The number of halogens is 4. The van der Waals surface area contributed by atoms with E-state index in [0.29, 0.717) is 6.42 Å². The lowest BCUT2D eigenvalue weighted by Crippen LogP contribution is -2.38. The van der Waals surface area contributed by atoms with E-state index >= 15 is 0 Å². The monoisotopic (exact) mass is 293 g/mol. The average molecular weight is 293 g/mol. The molecule has 0 bridgehead atoms. The van der Waals surface area contributed by atoms with Crippen molar-refractivity contribution in [3.05, 3.63) is 23.5 Å². The van der Waals surface area contributed by atoms with Gasteiger partial charge in [-0.2, -0.15) is 22.5 Å². The summed E-state index contributed by atoms with van der Waals surface area (Å²) in [6, 6.07) is 0. The Bertz CT molecular complexity index is 482. The smallest absolute Gasteiger partial charge is 0.253 e. The zero-order chi connectivity index (χ0) is 15.4. The van der Waals surface area contributed by atoms with E-state index in [1.807, 2.05) is 0 Å². The van der Waals surface area contributed by atoms with Gasteiger partial charge < -0.3 is 9.80 Å². The van der Waals surface area contributed by atoms with Crippen LogP contribution in [0.3, 0.4) is 0 Å². The third-order valence-electron chi connectivity index (χ3n) is 2.61. The molecule has 0 unspecified atom stereocenters. The molecule has 1 heterocycles. The molecule has 0 N–H and O–H groups in total. The fourth-order valence-electron chi connectivity index (χ4n) is 1.60. The Labute approximate surface area is 114 Å². The molecule has 0 radical (unpaired) electrons. The van der Waals surface area contributed by atoms with Gasteiger partial charge in [-0.05, 0) is 6.42 Å². The second-order valence-corrected chi connectivity index (χ2v) is 4.38. The molecule has 1 rings (SSSR count). The number of nitrogens with zero attached hydrogens (tertiary/aromatic N) is 3. The van der Waals surface area contributed by atoms with Crippen molar-refractivity contribution >= 4 is 11.6 Å². The maximum Gasteiger partial charge on any atom is 0.253 e. The molecule has 1 aromatic rings. The van der Waals surface area contributed by atoms with Crippen molar-refractivity contribution in [2.24, 2.45) is 0 Å². The molecule has 1 amide bonds. The van der Waals surface area contributed by atoms with E-state index in [0.717, 1.165) is 4.90 Å². The van der Waals surface area contributed by atoms with Crippen molar-refractivity contribution < 1.29 is 22.4 Å². The molecule has 0 atom stereocenters. The number of aromatic nitrogens is 1. The first-order valence-electron chi connectivity index (χ1n) is 5.94. The number of pyridine rings is 1. The molecule has 0 spiro atoms. The largest absolute Gasteiger partial charge is 0.357 e. The van der Waals surface area contributed by atoms with Gasteiger partial charge in [0.05, 0.1) is 6.54 Å². The van der Waals surface area contributed by atoms with Gasteiger partial charge in [0.25, 0.3) is 11.9 Å². The molecule has 112 valence electrons. The number of rotatable bonds is 5. The molecule has 0 saturated heterocycles. The van der Waals surface area contributed by atoms with Crippen molar-refractivity contribution in [1.82, 2.24) is 9.88 Å². The highest BCUT2D eigenvalue weighted by Gasteiger charge is 2.26. The van der Waals surface area contributed by atoms with Gasteiger partial charge in [0.15, 0.2) is 0 Å². The molecule has 20 heavy (non-hydrogen) atoms. The summed E-state index contributed by atoms with van der Waals surface area (Å²) in [6.07, 6.45) is 0.436. The van der Waals surface area contributed by atoms with Crippen LogP contribution in [0.2, 0.25) is 0 Å². The summed E-state index contributed by atoms with van der Waals surface area (Å²) in [6.45, 7) is 1.38. The highest BCUT2D eigenvalue weighted by atomic mass is 19.2. The van der Waals surface area contributed by atoms with E-state index in [2.05, 4.69) is 4.98 Å². The Morgan fingerprint density at radius 3 is 2.00 bits per heavy atom. The van der Waals surface area contributed by atoms with Gasteiger partial charge >= 0.3 is 0 Å². The minimum absolute atomic E-state index is 0.0658. The quantitative estimate of drug-likeness (QED) is 0.615. The Kier molecular flexibility index (Phi) is 5.29. The third-order valence-corrected chi connectivity index (χ3v) is 2.61. The molecule has 0 aliphatic carbocycles. The topological polar surface area (TPSA) is 36.4 Å². The van der Waals surface area contributed by atoms with E-state index in [4.69, 9.17) is 0 Å². The predicted molar refractivity (Wildman–Crippen MR) is 65.3 cm³/mol. The molecule has 0 saturated carbocycles. The maximum absolute atomic E-state index is 13.7. The zero-order valence-corrected chi connectivity index (χ0v) is 11.4. The summed E-state index contributed by atoms with van der Waals surface area (Å²) in [5, 5.41) is 0. The van der Waals surface area contributed by atoms with Crippen LogP contribution in [-0.2, 0) is 4.79 Å². The van der Waals surface area contributed by atoms with Gasteiger partial charge in [0.2, 0.25) is 17.5 Å². The van der Waals surface area contributed by atoms with Gasteiger partial charge in [0, 0.05) is 20.6 Å². The first kappa shape index (κ1) is 16.2. The van der Waals surface area contributed by atoms with E-state index in [1.165, 1.54) is 19.0 Å². The Morgan fingerprint density at radius 1 is 1.10 bits per heavy atom. The Hall–Kier alpha value is -1.86. The summed E-state index contributed by atoms with van der Waals surface area (Å²) in [4.78, 5) is 16.3. The fourth-order valence-corrected chi connectivity index (χ4v) is 1.60. The summed E-state index contributed by atoms with van der Waals surface area (Å²) >= 11 is 0. The van der Waals surface area contributed by atoms with Crippen molar-refractivity contribution in [2.75, 3.05) is 32.1 Å². The van der Waals surface area contributed by atoms with Crippen LogP contribution in [0, 0.1) is 23.5 Å². The molecule has 0 aromatic carbocycles. The van der Waals surface area contributed by atoms with Crippen molar-refractivity contribution in [2.45, 2.75) is 13.3 Å². The first-order valence-corrected chi connectivity index (χ1v) is 5.94. The average Bonchev–Trinajstić information content (AvgIpc) is 2.36. The van der Waals surface area contributed by atoms with Gasteiger partial charge in [-0.1, -0.05) is 6.92 Å². The number of carbonyl (C=O) groups excluding carboxylic acids is 1. The summed E-state index contributed by atoms with van der Waals surface area (Å²) < 4.78 is 53.5. The maximum atomic E-state index is 13.7. The number of amides is 1. The normalized spacial score (nSPS) is 10.6. The van der Waals surface area contributed by atoms with Crippen molar-refractivity contribution in [1.29, 1.82) is 0 Å². The zero-order valence-electron chi connectivity index (χ0n) is 11.4. The molecular formula is C12H15F4N3O.